The number of thiazole rings is 1. The van der Waals surface area contributed by atoms with Crippen LogP contribution in [-0.2, 0) is 27.8 Å². The van der Waals surface area contributed by atoms with Crippen LogP contribution in [0, 0.1) is 0 Å². The van der Waals surface area contributed by atoms with Crippen LogP contribution >= 0.6 is 34.3 Å². The number of carbonyl (C=O) groups excluding carboxylic acids is 2. The number of benzene rings is 1. The molecule has 38 heavy (non-hydrogen) atoms. The van der Waals surface area contributed by atoms with E-state index >= 15 is 0 Å². The maximum Gasteiger partial charge on any atom is 0.282 e. The minimum absolute atomic E-state index is 0.0504. The van der Waals surface area contributed by atoms with Crippen LogP contribution in [0.4, 0.5) is 0 Å². The fourth-order valence-electron chi connectivity index (χ4n) is 4.76. The van der Waals surface area contributed by atoms with Gasteiger partial charge < -0.3 is 20.2 Å². The van der Waals surface area contributed by atoms with Crippen molar-refractivity contribution in [3.63, 3.8) is 0 Å². The summed E-state index contributed by atoms with van der Waals surface area (Å²) in [4.78, 5) is 35.5. The largest absolute Gasteiger partial charge is 0.395 e. The summed E-state index contributed by atoms with van der Waals surface area (Å²) in [5.74, 6) is -0.643. The first-order chi connectivity index (χ1) is 18.2. The number of piperazine rings is 1. The zero-order valence-corrected chi connectivity index (χ0v) is 23.9. The molecule has 0 aliphatic carbocycles. The number of rotatable bonds is 7. The lowest BCUT2D eigenvalue weighted by Crippen LogP contribution is -2.57. The number of aliphatic hydroxyl groups excluding tert-OH is 1. The van der Waals surface area contributed by atoms with Gasteiger partial charge in [0.1, 0.15) is 4.21 Å². The minimum atomic E-state index is -3.95. The number of carbonyl (C=O) groups is 2. The van der Waals surface area contributed by atoms with Gasteiger partial charge in [0.05, 0.1) is 18.3 Å². The van der Waals surface area contributed by atoms with Gasteiger partial charge in [-0.15, -0.1) is 22.7 Å². The van der Waals surface area contributed by atoms with Crippen molar-refractivity contribution in [2.75, 3.05) is 46.4 Å². The summed E-state index contributed by atoms with van der Waals surface area (Å²) in [6.45, 7) is 1.78. The van der Waals surface area contributed by atoms with Crippen LogP contribution in [0.1, 0.15) is 26.8 Å². The summed E-state index contributed by atoms with van der Waals surface area (Å²) in [6.07, 6.45) is 0.647. The van der Waals surface area contributed by atoms with E-state index in [1.54, 1.807) is 29.2 Å². The van der Waals surface area contributed by atoms with E-state index in [0.717, 1.165) is 51.5 Å². The van der Waals surface area contributed by atoms with E-state index in [4.69, 9.17) is 16.7 Å². The summed E-state index contributed by atoms with van der Waals surface area (Å²) in [5, 5.41) is 13.3. The second-order valence-electron chi connectivity index (χ2n) is 9.42. The van der Waals surface area contributed by atoms with Gasteiger partial charge in [-0.25, -0.2) is 13.4 Å². The van der Waals surface area contributed by atoms with Gasteiger partial charge in [-0.05, 0) is 30.6 Å². The second-order valence-corrected chi connectivity index (χ2v) is 14.1. The Labute approximate surface area is 233 Å². The molecule has 1 unspecified atom stereocenters. The first kappa shape index (κ1) is 27.4. The maximum atomic E-state index is 13.8. The van der Waals surface area contributed by atoms with Crippen molar-refractivity contribution in [3.05, 3.63) is 44.9 Å². The molecule has 2 N–H and O–H groups in total. The molecule has 2 amide bonds. The number of hydrogen-bond acceptors (Lipinski definition) is 9. The van der Waals surface area contributed by atoms with Crippen molar-refractivity contribution in [1.29, 1.82) is 0 Å². The first-order valence-electron chi connectivity index (χ1n) is 12.2. The van der Waals surface area contributed by atoms with Gasteiger partial charge in [0.15, 0.2) is 5.01 Å². The molecule has 0 spiro atoms. The van der Waals surface area contributed by atoms with Crippen LogP contribution in [0.3, 0.4) is 0 Å². The number of fused-ring (bicyclic) bond motifs is 2. The van der Waals surface area contributed by atoms with Crippen molar-refractivity contribution >= 4 is 66.2 Å². The van der Waals surface area contributed by atoms with Crippen molar-refractivity contribution in [1.82, 2.24) is 24.4 Å². The summed E-state index contributed by atoms with van der Waals surface area (Å²) in [5.41, 5.74) is 0.947. The Hall–Kier alpha value is -2.13. The monoisotopic (exact) mass is 597 g/mol. The molecule has 1 atom stereocenters. The van der Waals surface area contributed by atoms with E-state index in [1.807, 2.05) is 7.05 Å². The lowest BCUT2D eigenvalue weighted by Gasteiger charge is -2.39. The van der Waals surface area contributed by atoms with Crippen molar-refractivity contribution in [3.8, 4) is 0 Å². The smallest absolute Gasteiger partial charge is 0.282 e. The standard InChI is InChI=1S/C24H28ClN5O5S3/c1-28-6-4-18-20(14-28)37-23(27-18)24(33)29-7-8-30(17(13-29)12-21(32)26-5-9-31)38(34,35)22-10-15-2-3-16(25)11-19(15)36-22/h2-3,10-11,17,31H,4-9,12-14H2,1H3,(H,26,32). The molecule has 2 aliphatic heterocycles. The third-order valence-corrected chi connectivity index (χ3v) is 11.5. The lowest BCUT2D eigenvalue weighted by atomic mass is 10.1. The molecule has 4 heterocycles. The number of nitrogens with zero attached hydrogens (tertiary/aromatic N) is 4. The highest BCUT2D eigenvalue weighted by atomic mass is 35.5. The predicted molar refractivity (Wildman–Crippen MR) is 147 cm³/mol. The van der Waals surface area contributed by atoms with Crippen LogP contribution in [-0.4, -0.2) is 96.8 Å². The second kappa shape index (κ2) is 11.2. The van der Waals surface area contributed by atoms with Gasteiger partial charge in [0.25, 0.3) is 15.9 Å². The molecule has 0 bridgehead atoms. The van der Waals surface area contributed by atoms with Crippen LogP contribution in [0.25, 0.3) is 10.1 Å². The summed E-state index contributed by atoms with van der Waals surface area (Å²) in [7, 11) is -1.92. The SMILES string of the molecule is CN1CCc2nc(C(=O)N3CCN(S(=O)(=O)c4cc5ccc(Cl)cc5s4)C(CC(=O)NCCO)C3)sc2C1. The molecule has 2 aliphatic rings. The Bertz CT molecular complexity index is 1470. The Morgan fingerprint density at radius 2 is 2.03 bits per heavy atom. The average molecular weight is 598 g/mol. The molecule has 0 saturated carbocycles. The highest BCUT2D eigenvalue weighted by molar-refractivity contribution is 7.91. The number of sulfonamides is 1. The molecule has 0 radical (unpaired) electrons. The molecule has 3 aromatic rings. The third-order valence-electron chi connectivity index (χ3n) is 6.70. The molecule has 1 aromatic carbocycles. The van der Waals surface area contributed by atoms with E-state index in [2.05, 4.69) is 15.2 Å². The highest BCUT2D eigenvalue weighted by Crippen LogP contribution is 2.35. The number of thiophene rings is 1. The normalized spacial score (nSPS) is 19.0. The number of likely N-dealkylation sites (N-methyl/N-ethyl adjacent to an activating group) is 1. The molecule has 204 valence electrons. The van der Waals surface area contributed by atoms with Gasteiger partial charge in [0, 0.05) is 66.7 Å². The molecular weight excluding hydrogens is 570 g/mol. The number of nitrogens with one attached hydrogen (secondary N) is 1. The predicted octanol–water partition coefficient (Wildman–Crippen LogP) is 2.01. The van der Waals surface area contributed by atoms with Gasteiger partial charge in [0.2, 0.25) is 5.91 Å². The fraction of sp³-hybridized carbons (Fsp3) is 0.458. The van der Waals surface area contributed by atoms with Crippen molar-refractivity contribution in [2.45, 2.75) is 29.6 Å². The van der Waals surface area contributed by atoms with Crippen LogP contribution in [0.15, 0.2) is 28.5 Å². The Morgan fingerprint density at radius 3 is 2.82 bits per heavy atom. The van der Waals surface area contributed by atoms with Crippen molar-refractivity contribution < 1.29 is 23.1 Å². The number of aromatic nitrogens is 1. The van der Waals surface area contributed by atoms with Crippen LogP contribution in [0.2, 0.25) is 5.02 Å². The highest BCUT2D eigenvalue weighted by Gasteiger charge is 2.40. The molecule has 2 aromatic heterocycles. The van der Waals surface area contributed by atoms with Crippen LogP contribution < -0.4 is 5.32 Å². The van der Waals surface area contributed by atoms with Crippen LogP contribution in [0.5, 0.6) is 0 Å². The minimum Gasteiger partial charge on any atom is -0.395 e. The maximum absolute atomic E-state index is 13.8. The van der Waals surface area contributed by atoms with Gasteiger partial charge in [-0.2, -0.15) is 4.31 Å². The molecule has 5 rings (SSSR count). The van der Waals surface area contributed by atoms with E-state index in [9.17, 15) is 18.0 Å². The molecular formula is C24H28ClN5O5S3. The van der Waals surface area contributed by atoms with Gasteiger partial charge in [-0.3, -0.25) is 9.59 Å². The number of amides is 2. The number of halogens is 1. The quantitative estimate of drug-likeness (QED) is 0.427. The molecule has 10 nitrogen and oxygen atoms in total. The molecule has 1 fully saturated rings. The number of aliphatic hydroxyl groups is 1. The zero-order chi connectivity index (χ0) is 27.0. The summed E-state index contributed by atoms with van der Waals surface area (Å²) < 4.78 is 29.8. The van der Waals surface area contributed by atoms with E-state index < -0.39 is 22.0 Å². The van der Waals surface area contributed by atoms with Gasteiger partial charge >= 0.3 is 0 Å². The van der Waals surface area contributed by atoms with Gasteiger partial charge in [-0.1, -0.05) is 17.7 Å². The average Bonchev–Trinajstić information content (AvgIpc) is 3.51. The Balaban J connectivity index is 1.40. The number of hydrogen-bond donors (Lipinski definition) is 2. The summed E-state index contributed by atoms with van der Waals surface area (Å²) in [6, 6.07) is 6.05. The fourth-order valence-corrected chi connectivity index (χ4v) is 9.33. The van der Waals surface area contributed by atoms with E-state index in [1.165, 1.54) is 15.6 Å². The third kappa shape index (κ3) is 5.60. The lowest BCUT2D eigenvalue weighted by molar-refractivity contribution is -0.122. The molecule has 1 saturated heterocycles. The Kier molecular flexibility index (Phi) is 8.06. The van der Waals surface area contributed by atoms with E-state index in [0.29, 0.717) is 10.0 Å². The Morgan fingerprint density at radius 1 is 1.21 bits per heavy atom. The zero-order valence-electron chi connectivity index (χ0n) is 20.7. The first-order valence-corrected chi connectivity index (χ1v) is 15.7. The molecule has 14 heteroatoms. The summed E-state index contributed by atoms with van der Waals surface area (Å²) >= 11 is 8.60. The topological polar surface area (TPSA) is 123 Å². The van der Waals surface area contributed by atoms with E-state index in [-0.39, 0.29) is 49.3 Å². The van der Waals surface area contributed by atoms with Crippen molar-refractivity contribution in [2.24, 2.45) is 0 Å².